The molecule has 2 N–H and O–H groups in total. The minimum Gasteiger partial charge on any atom is -0.335 e. The van der Waals surface area contributed by atoms with Crippen LogP contribution >= 0.6 is 27.7 Å². The first-order chi connectivity index (χ1) is 8.72. The molecule has 0 fully saturated rings. The molecule has 5 nitrogen and oxygen atoms in total. The molecule has 0 aliphatic carbocycles. The quantitative estimate of drug-likeness (QED) is 0.531. The van der Waals surface area contributed by atoms with Crippen LogP contribution in [0.2, 0.25) is 0 Å². The smallest absolute Gasteiger partial charge is 0.211 e. The Morgan fingerprint density at radius 2 is 2.28 bits per heavy atom. The SMILES string of the molecule is CC#CCSc1nnc(-c2cncc(Br)c2)n1N. The molecule has 0 radical (unpaired) electrons. The Bertz CT molecular complexity index is 613. The molecule has 2 aromatic heterocycles. The van der Waals surface area contributed by atoms with E-state index in [1.54, 1.807) is 19.3 Å². The predicted octanol–water partition coefficient (Wildman–Crippen LogP) is 1.93. The van der Waals surface area contributed by atoms with Gasteiger partial charge in [-0.05, 0) is 28.9 Å². The standard InChI is InChI=1S/C11H10BrN5S/c1-2-3-4-18-11-16-15-10(17(11)13)8-5-9(12)7-14-6-8/h5-7H,4,13H2,1H3. The van der Waals surface area contributed by atoms with Gasteiger partial charge in [-0.3, -0.25) is 4.98 Å². The van der Waals surface area contributed by atoms with Gasteiger partial charge in [0.25, 0.3) is 0 Å². The third-order valence-corrected chi connectivity index (χ3v) is 3.34. The molecule has 0 saturated carbocycles. The summed E-state index contributed by atoms with van der Waals surface area (Å²) in [7, 11) is 0. The monoisotopic (exact) mass is 323 g/mol. The second-order valence-electron chi connectivity index (χ2n) is 3.28. The van der Waals surface area contributed by atoms with E-state index >= 15 is 0 Å². The maximum Gasteiger partial charge on any atom is 0.211 e. The summed E-state index contributed by atoms with van der Waals surface area (Å²) in [6.45, 7) is 1.80. The number of rotatable bonds is 3. The van der Waals surface area contributed by atoms with Crippen molar-refractivity contribution in [2.24, 2.45) is 0 Å². The van der Waals surface area contributed by atoms with Crippen molar-refractivity contribution >= 4 is 27.7 Å². The highest BCUT2D eigenvalue weighted by molar-refractivity contribution is 9.10. The topological polar surface area (TPSA) is 69.6 Å². The lowest BCUT2D eigenvalue weighted by Crippen LogP contribution is -2.11. The first-order valence-corrected chi connectivity index (χ1v) is 6.84. The highest BCUT2D eigenvalue weighted by Gasteiger charge is 2.12. The van der Waals surface area contributed by atoms with Crippen molar-refractivity contribution in [2.75, 3.05) is 11.6 Å². The number of hydrogen-bond acceptors (Lipinski definition) is 5. The summed E-state index contributed by atoms with van der Waals surface area (Å²) in [4.78, 5) is 4.07. The lowest BCUT2D eigenvalue weighted by molar-refractivity contribution is 0.851. The van der Waals surface area contributed by atoms with Crippen LogP contribution in [0.5, 0.6) is 0 Å². The van der Waals surface area contributed by atoms with Crippen molar-refractivity contribution in [3.63, 3.8) is 0 Å². The van der Waals surface area contributed by atoms with Gasteiger partial charge in [-0.1, -0.05) is 17.7 Å². The van der Waals surface area contributed by atoms with Crippen LogP contribution < -0.4 is 5.84 Å². The summed E-state index contributed by atoms with van der Waals surface area (Å²) in [5.41, 5.74) is 0.813. The first kappa shape index (κ1) is 12.9. The third kappa shape index (κ3) is 2.83. The summed E-state index contributed by atoms with van der Waals surface area (Å²) in [6.07, 6.45) is 3.39. The fraction of sp³-hybridized carbons (Fsp3) is 0.182. The zero-order valence-electron chi connectivity index (χ0n) is 9.59. The van der Waals surface area contributed by atoms with Crippen LogP contribution in [0.1, 0.15) is 6.92 Å². The molecule has 2 aromatic rings. The van der Waals surface area contributed by atoms with E-state index in [1.807, 2.05) is 6.07 Å². The largest absolute Gasteiger partial charge is 0.335 e. The van der Waals surface area contributed by atoms with E-state index in [2.05, 4.69) is 43.0 Å². The number of aromatic nitrogens is 4. The number of pyridine rings is 1. The van der Waals surface area contributed by atoms with Gasteiger partial charge in [0, 0.05) is 22.4 Å². The van der Waals surface area contributed by atoms with E-state index in [0.717, 1.165) is 10.0 Å². The fourth-order valence-corrected chi connectivity index (χ4v) is 2.31. The van der Waals surface area contributed by atoms with E-state index in [-0.39, 0.29) is 0 Å². The third-order valence-electron chi connectivity index (χ3n) is 2.08. The first-order valence-electron chi connectivity index (χ1n) is 5.06. The Morgan fingerprint density at radius 1 is 1.44 bits per heavy atom. The minimum atomic E-state index is 0.579. The second-order valence-corrected chi connectivity index (χ2v) is 5.14. The second kappa shape index (κ2) is 5.89. The molecule has 0 aromatic carbocycles. The molecule has 0 aliphatic heterocycles. The van der Waals surface area contributed by atoms with Gasteiger partial charge >= 0.3 is 0 Å². The van der Waals surface area contributed by atoms with Gasteiger partial charge in [-0.15, -0.1) is 16.1 Å². The van der Waals surface area contributed by atoms with E-state index in [0.29, 0.717) is 16.7 Å². The summed E-state index contributed by atoms with van der Waals surface area (Å²) in [5, 5.41) is 8.73. The number of halogens is 1. The highest BCUT2D eigenvalue weighted by atomic mass is 79.9. The Hall–Kier alpha value is -1.52. The summed E-state index contributed by atoms with van der Waals surface area (Å²) >= 11 is 4.81. The van der Waals surface area contributed by atoms with E-state index in [9.17, 15) is 0 Å². The molecule has 0 spiro atoms. The zero-order valence-corrected chi connectivity index (χ0v) is 12.0. The Labute approximate surface area is 117 Å². The van der Waals surface area contributed by atoms with Crippen molar-refractivity contribution in [1.29, 1.82) is 0 Å². The zero-order chi connectivity index (χ0) is 13.0. The average molecular weight is 324 g/mol. The van der Waals surface area contributed by atoms with Crippen LogP contribution in [0.3, 0.4) is 0 Å². The maximum absolute atomic E-state index is 5.95. The molecule has 2 heterocycles. The number of hydrogen-bond donors (Lipinski definition) is 1. The number of nitrogens with two attached hydrogens (primary N) is 1. The van der Waals surface area contributed by atoms with Crippen LogP contribution in [0.25, 0.3) is 11.4 Å². The van der Waals surface area contributed by atoms with Gasteiger partial charge in [-0.2, -0.15) is 0 Å². The summed E-state index contributed by atoms with van der Waals surface area (Å²) in [5.74, 6) is 12.9. The van der Waals surface area contributed by atoms with Crippen LogP contribution in [0, 0.1) is 11.8 Å². The summed E-state index contributed by atoms with van der Waals surface area (Å²) < 4.78 is 2.32. The lowest BCUT2D eigenvalue weighted by Gasteiger charge is -2.02. The van der Waals surface area contributed by atoms with Crippen molar-refractivity contribution in [3.05, 3.63) is 22.9 Å². The fourth-order valence-electron chi connectivity index (χ4n) is 1.28. The molecule has 0 bridgehead atoms. The molecular formula is C11H10BrN5S. The molecule has 0 aliphatic rings. The van der Waals surface area contributed by atoms with Gasteiger partial charge in [0.05, 0.1) is 5.75 Å². The minimum absolute atomic E-state index is 0.579. The average Bonchev–Trinajstić information content (AvgIpc) is 2.72. The number of thioether (sulfide) groups is 1. The van der Waals surface area contributed by atoms with Crippen LogP contribution in [-0.4, -0.2) is 25.6 Å². The van der Waals surface area contributed by atoms with E-state index < -0.39 is 0 Å². The number of nitrogen functional groups attached to an aromatic ring is 1. The van der Waals surface area contributed by atoms with Crippen LogP contribution in [0.15, 0.2) is 28.1 Å². The molecule has 18 heavy (non-hydrogen) atoms. The molecule has 92 valence electrons. The Kier molecular flexibility index (Phi) is 4.23. The van der Waals surface area contributed by atoms with Gasteiger partial charge in [0.1, 0.15) is 0 Å². The number of nitrogens with zero attached hydrogens (tertiary/aromatic N) is 4. The Morgan fingerprint density at radius 3 is 3.00 bits per heavy atom. The molecule has 0 amide bonds. The van der Waals surface area contributed by atoms with Crippen LogP contribution in [-0.2, 0) is 0 Å². The van der Waals surface area contributed by atoms with Crippen molar-refractivity contribution in [2.45, 2.75) is 12.1 Å². The van der Waals surface area contributed by atoms with Gasteiger partial charge < -0.3 is 5.84 Å². The molecule has 0 atom stereocenters. The molecule has 0 unspecified atom stereocenters. The lowest BCUT2D eigenvalue weighted by atomic mass is 10.3. The van der Waals surface area contributed by atoms with Crippen molar-refractivity contribution < 1.29 is 0 Å². The molecule has 2 rings (SSSR count). The normalized spacial score (nSPS) is 9.89. The Balaban J connectivity index is 2.27. The molecule has 0 saturated heterocycles. The van der Waals surface area contributed by atoms with E-state index in [1.165, 1.54) is 16.4 Å². The van der Waals surface area contributed by atoms with Crippen molar-refractivity contribution in [1.82, 2.24) is 19.9 Å². The van der Waals surface area contributed by atoms with Gasteiger partial charge in [0.2, 0.25) is 5.16 Å². The van der Waals surface area contributed by atoms with Gasteiger partial charge in [0.15, 0.2) is 5.82 Å². The molecule has 7 heteroatoms. The maximum atomic E-state index is 5.95. The van der Waals surface area contributed by atoms with E-state index in [4.69, 9.17) is 5.84 Å². The van der Waals surface area contributed by atoms with Crippen molar-refractivity contribution in [3.8, 4) is 23.2 Å². The van der Waals surface area contributed by atoms with Gasteiger partial charge in [-0.25, -0.2) is 4.68 Å². The predicted molar refractivity (Wildman–Crippen MR) is 75.3 cm³/mol. The molecular weight excluding hydrogens is 314 g/mol. The summed E-state index contributed by atoms with van der Waals surface area (Å²) in [6, 6.07) is 1.89. The van der Waals surface area contributed by atoms with Crippen LogP contribution in [0.4, 0.5) is 0 Å². The highest BCUT2D eigenvalue weighted by Crippen LogP contribution is 2.22.